The van der Waals surface area contributed by atoms with E-state index < -0.39 is 0 Å². The minimum Gasteiger partial charge on any atom is -0.326 e. The number of hydrogen-bond acceptors (Lipinski definition) is 4. The summed E-state index contributed by atoms with van der Waals surface area (Å²) in [5.41, 5.74) is 2.08. The smallest absolute Gasteiger partial charge is 0.237 e. The molecule has 2 rings (SSSR count). The van der Waals surface area contributed by atoms with Gasteiger partial charge in [0.1, 0.15) is 0 Å². The zero-order valence-electron chi connectivity index (χ0n) is 17.0. The Morgan fingerprint density at radius 3 is 2.14 bits per heavy atom. The van der Waals surface area contributed by atoms with Gasteiger partial charge in [0.2, 0.25) is 17.7 Å². The number of thioether (sulfide) groups is 1. The molecule has 7 heteroatoms. The number of carbonyl (C=O) groups excluding carboxylic acids is 3. The van der Waals surface area contributed by atoms with E-state index in [-0.39, 0.29) is 23.0 Å². The van der Waals surface area contributed by atoms with Crippen LogP contribution in [0.5, 0.6) is 0 Å². The average molecular weight is 414 g/mol. The highest BCUT2D eigenvalue weighted by Gasteiger charge is 2.18. The topological polar surface area (TPSA) is 87.3 Å². The van der Waals surface area contributed by atoms with Gasteiger partial charge in [-0.1, -0.05) is 19.9 Å². The van der Waals surface area contributed by atoms with Crippen LogP contribution >= 0.6 is 11.8 Å². The Morgan fingerprint density at radius 1 is 0.897 bits per heavy atom. The molecule has 0 aliphatic heterocycles. The molecule has 0 bridgehead atoms. The van der Waals surface area contributed by atoms with Crippen LogP contribution in [0, 0.1) is 0 Å². The number of anilines is 3. The van der Waals surface area contributed by atoms with Gasteiger partial charge in [-0.05, 0) is 55.3 Å². The van der Waals surface area contributed by atoms with Gasteiger partial charge >= 0.3 is 0 Å². The van der Waals surface area contributed by atoms with Crippen LogP contribution in [0.15, 0.2) is 53.4 Å². The van der Waals surface area contributed by atoms with Crippen molar-refractivity contribution in [3.63, 3.8) is 0 Å². The summed E-state index contributed by atoms with van der Waals surface area (Å²) in [6.45, 7) is 5.37. The summed E-state index contributed by atoms with van der Waals surface area (Å²) in [5.74, 6) is -0.246. The number of hydrogen-bond donors (Lipinski definition) is 3. The van der Waals surface area contributed by atoms with Crippen molar-refractivity contribution in [3.8, 4) is 0 Å². The number of rotatable bonds is 9. The Labute approximate surface area is 175 Å². The molecule has 0 heterocycles. The quantitative estimate of drug-likeness (QED) is 0.511. The lowest BCUT2D eigenvalue weighted by atomic mass is 10.2. The first-order valence-electron chi connectivity index (χ1n) is 9.66. The van der Waals surface area contributed by atoms with Crippen LogP contribution in [0.1, 0.15) is 40.0 Å². The van der Waals surface area contributed by atoms with E-state index in [4.69, 9.17) is 0 Å². The van der Waals surface area contributed by atoms with Crippen molar-refractivity contribution in [1.29, 1.82) is 0 Å². The molecular weight excluding hydrogens is 386 g/mol. The molecule has 154 valence electrons. The van der Waals surface area contributed by atoms with Crippen LogP contribution in [0.2, 0.25) is 0 Å². The lowest BCUT2D eigenvalue weighted by Gasteiger charge is -2.16. The zero-order chi connectivity index (χ0) is 21.2. The second kappa shape index (κ2) is 11.3. The maximum Gasteiger partial charge on any atom is 0.237 e. The molecule has 0 spiro atoms. The number of nitrogens with one attached hydrogen (secondary N) is 3. The molecule has 0 saturated carbocycles. The summed E-state index contributed by atoms with van der Waals surface area (Å²) < 4.78 is 0. The second-order valence-corrected chi connectivity index (χ2v) is 7.86. The third-order valence-corrected chi connectivity index (χ3v) is 5.37. The maximum atomic E-state index is 12.7. The zero-order valence-corrected chi connectivity index (χ0v) is 17.8. The summed E-state index contributed by atoms with van der Waals surface area (Å²) in [5, 5.41) is 8.22. The predicted octanol–water partition coefficient (Wildman–Crippen LogP) is 4.89. The van der Waals surface area contributed by atoms with Crippen molar-refractivity contribution in [2.24, 2.45) is 0 Å². The summed E-state index contributed by atoms with van der Waals surface area (Å²) in [6.07, 6.45) is 1.94. The maximum absolute atomic E-state index is 12.7. The van der Waals surface area contributed by atoms with Crippen molar-refractivity contribution in [3.05, 3.63) is 48.5 Å². The van der Waals surface area contributed by atoms with E-state index in [1.807, 2.05) is 38.1 Å². The standard InChI is InChI=1S/C22H27N3O3S/c1-4-7-21(27)24-18-8-6-9-19(14-18)29-20(5-2)22(28)25-17-12-10-16(11-13-17)23-15(3)26/h6,8-14,20H,4-5,7H2,1-3H3,(H,23,26)(H,24,27)(H,25,28). The minimum absolute atomic E-state index is 0.0119. The average Bonchev–Trinajstić information content (AvgIpc) is 2.67. The summed E-state index contributed by atoms with van der Waals surface area (Å²) in [6, 6.07) is 14.5. The highest BCUT2D eigenvalue weighted by molar-refractivity contribution is 8.00. The van der Waals surface area contributed by atoms with Gasteiger partial charge in [0.15, 0.2) is 0 Å². The van der Waals surface area contributed by atoms with Crippen LogP contribution in [-0.4, -0.2) is 23.0 Å². The third-order valence-electron chi connectivity index (χ3n) is 4.01. The molecule has 0 aromatic heterocycles. The van der Waals surface area contributed by atoms with Gasteiger partial charge in [-0.15, -0.1) is 11.8 Å². The molecular formula is C22H27N3O3S. The predicted molar refractivity (Wildman–Crippen MR) is 119 cm³/mol. The fourth-order valence-electron chi connectivity index (χ4n) is 2.65. The highest BCUT2D eigenvalue weighted by atomic mass is 32.2. The van der Waals surface area contributed by atoms with Gasteiger partial charge in [-0.2, -0.15) is 0 Å². The summed E-state index contributed by atoms with van der Waals surface area (Å²) >= 11 is 1.46. The van der Waals surface area contributed by atoms with Gasteiger partial charge in [0.25, 0.3) is 0 Å². The molecule has 6 nitrogen and oxygen atoms in total. The molecule has 0 aliphatic carbocycles. The molecule has 29 heavy (non-hydrogen) atoms. The lowest BCUT2D eigenvalue weighted by Crippen LogP contribution is -2.24. The van der Waals surface area contributed by atoms with Gasteiger partial charge in [0.05, 0.1) is 5.25 Å². The van der Waals surface area contributed by atoms with Gasteiger partial charge in [0, 0.05) is 35.3 Å². The SMILES string of the molecule is CCCC(=O)Nc1cccc(SC(CC)C(=O)Nc2ccc(NC(C)=O)cc2)c1. The Balaban J connectivity index is 1.99. The first-order valence-corrected chi connectivity index (χ1v) is 10.5. The Morgan fingerprint density at radius 2 is 1.55 bits per heavy atom. The van der Waals surface area contributed by atoms with Crippen molar-refractivity contribution >= 4 is 46.5 Å². The van der Waals surface area contributed by atoms with Crippen molar-refractivity contribution < 1.29 is 14.4 Å². The fourth-order valence-corrected chi connectivity index (χ4v) is 3.66. The van der Waals surface area contributed by atoms with Gasteiger partial charge in [-0.25, -0.2) is 0 Å². The first kappa shape index (κ1) is 22.5. The van der Waals surface area contributed by atoms with Crippen molar-refractivity contribution in [2.75, 3.05) is 16.0 Å². The van der Waals surface area contributed by atoms with E-state index in [0.29, 0.717) is 24.2 Å². The molecule has 2 aromatic carbocycles. The normalized spacial score (nSPS) is 11.4. The monoisotopic (exact) mass is 413 g/mol. The van der Waals surface area contributed by atoms with Crippen molar-refractivity contribution in [1.82, 2.24) is 0 Å². The Kier molecular flexibility index (Phi) is 8.73. The first-order chi connectivity index (χ1) is 13.9. The number of benzene rings is 2. The third kappa shape index (κ3) is 7.62. The molecule has 2 aromatic rings. The molecule has 0 saturated heterocycles. The molecule has 0 fully saturated rings. The van der Waals surface area contributed by atoms with E-state index in [9.17, 15) is 14.4 Å². The lowest BCUT2D eigenvalue weighted by molar-refractivity contribution is -0.116. The molecule has 1 atom stereocenters. The second-order valence-electron chi connectivity index (χ2n) is 6.59. The molecule has 0 radical (unpaired) electrons. The van der Waals surface area contributed by atoms with E-state index in [1.165, 1.54) is 18.7 Å². The fraction of sp³-hybridized carbons (Fsp3) is 0.318. The minimum atomic E-state index is -0.272. The number of amides is 3. The Hall–Kier alpha value is -2.80. The van der Waals surface area contributed by atoms with E-state index in [2.05, 4.69) is 16.0 Å². The van der Waals surface area contributed by atoms with Crippen LogP contribution < -0.4 is 16.0 Å². The molecule has 3 amide bonds. The molecule has 1 unspecified atom stereocenters. The summed E-state index contributed by atoms with van der Waals surface area (Å²) in [7, 11) is 0. The van der Waals surface area contributed by atoms with E-state index >= 15 is 0 Å². The Bertz CT molecular complexity index is 853. The van der Waals surface area contributed by atoms with Crippen LogP contribution in [-0.2, 0) is 14.4 Å². The summed E-state index contributed by atoms with van der Waals surface area (Å²) in [4.78, 5) is 36.5. The van der Waals surface area contributed by atoms with E-state index in [0.717, 1.165) is 17.0 Å². The highest BCUT2D eigenvalue weighted by Crippen LogP contribution is 2.28. The largest absolute Gasteiger partial charge is 0.326 e. The van der Waals surface area contributed by atoms with Gasteiger partial charge < -0.3 is 16.0 Å². The van der Waals surface area contributed by atoms with E-state index in [1.54, 1.807) is 24.3 Å². The van der Waals surface area contributed by atoms with Crippen molar-refractivity contribution in [2.45, 2.75) is 50.2 Å². The van der Waals surface area contributed by atoms with Crippen LogP contribution in [0.3, 0.4) is 0 Å². The number of carbonyl (C=O) groups is 3. The molecule has 3 N–H and O–H groups in total. The molecule has 0 aliphatic rings. The van der Waals surface area contributed by atoms with Crippen LogP contribution in [0.25, 0.3) is 0 Å². The van der Waals surface area contributed by atoms with Gasteiger partial charge in [-0.3, -0.25) is 14.4 Å². The van der Waals surface area contributed by atoms with Crippen LogP contribution in [0.4, 0.5) is 17.1 Å².